The van der Waals surface area contributed by atoms with Gasteiger partial charge in [-0.05, 0) is 29.8 Å². The van der Waals surface area contributed by atoms with E-state index < -0.39 is 0 Å². The van der Waals surface area contributed by atoms with Crippen LogP contribution in [0.25, 0.3) is 0 Å². The maximum Gasteiger partial charge on any atom is 0.128 e. The second kappa shape index (κ2) is 7.35. The molecule has 2 aromatic carbocycles. The number of hydrogen-bond acceptors (Lipinski definition) is 2. The minimum Gasteiger partial charge on any atom is -0.320 e. The fourth-order valence-corrected chi connectivity index (χ4v) is 2.84. The molecule has 0 aromatic heterocycles. The molecule has 2 aromatic rings. The summed E-state index contributed by atoms with van der Waals surface area (Å²) >= 11 is 7.58. The second-order valence-electron chi connectivity index (χ2n) is 4.03. The third kappa shape index (κ3) is 4.01. The summed E-state index contributed by atoms with van der Waals surface area (Å²) in [4.78, 5) is 0.945. The Labute approximate surface area is 127 Å². The van der Waals surface area contributed by atoms with Crippen LogP contribution >= 0.6 is 23.4 Å². The molecule has 0 heterocycles. The van der Waals surface area contributed by atoms with E-state index in [-0.39, 0.29) is 12.4 Å². The molecule has 0 saturated carbocycles. The fraction of sp³-hybridized carbons (Fsp3) is 0.125. The SMILES string of the molecule is NCC#Cc1ccc(CSc2ccccc2Cl)c(F)c1. The lowest BCUT2D eigenvalue weighted by Crippen LogP contribution is -1.94. The van der Waals surface area contributed by atoms with Crippen LogP contribution in [-0.4, -0.2) is 6.54 Å². The van der Waals surface area contributed by atoms with E-state index in [0.29, 0.717) is 21.9 Å². The first-order valence-corrected chi connectivity index (χ1v) is 7.42. The molecular formula is C16H13ClFNS. The first-order valence-electron chi connectivity index (χ1n) is 6.05. The van der Waals surface area contributed by atoms with Gasteiger partial charge in [0, 0.05) is 16.2 Å². The average molecular weight is 306 g/mol. The molecule has 0 amide bonds. The summed E-state index contributed by atoms with van der Waals surface area (Å²) in [6, 6.07) is 12.5. The molecule has 4 heteroatoms. The van der Waals surface area contributed by atoms with Crippen LogP contribution in [0.1, 0.15) is 11.1 Å². The van der Waals surface area contributed by atoms with Gasteiger partial charge in [-0.3, -0.25) is 0 Å². The molecule has 20 heavy (non-hydrogen) atoms. The van der Waals surface area contributed by atoms with Gasteiger partial charge in [0.15, 0.2) is 0 Å². The number of halogens is 2. The first kappa shape index (κ1) is 14.9. The Morgan fingerprint density at radius 3 is 2.70 bits per heavy atom. The molecule has 0 spiro atoms. The van der Waals surface area contributed by atoms with Gasteiger partial charge in [-0.25, -0.2) is 4.39 Å². The van der Waals surface area contributed by atoms with Crippen LogP contribution < -0.4 is 5.73 Å². The number of nitrogens with two attached hydrogens (primary N) is 1. The van der Waals surface area contributed by atoms with Gasteiger partial charge >= 0.3 is 0 Å². The molecule has 0 bridgehead atoms. The summed E-state index contributed by atoms with van der Waals surface area (Å²) in [5.74, 6) is 5.79. The van der Waals surface area contributed by atoms with Crippen LogP contribution in [0.2, 0.25) is 5.02 Å². The maximum atomic E-state index is 13.9. The highest BCUT2D eigenvalue weighted by Crippen LogP contribution is 2.30. The third-order valence-electron chi connectivity index (χ3n) is 2.61. The van der Waals surface area contributed by atoms with Gasteiger partial charge in [0.25, 0.3) is 0 Å². The van der Waals surface area contributed by atoms with Gasteiger partial charge in [-0.15, -0.1) is 11.8 Å². The Morgan fingerprint density at radius 2 is 2.00 bits per heavy atom. The first-order chi connectivity index (χ1) is 9.70. The molecule has 0 unspecified atom stereocenters. The minimum absolute atomic E-state index is 0.256. The smallest absolute Gasteiger partial charge is 0.128 e. The average Bonchev–Trinajstić information content (AvgIpc) is 2.45. The van der Waals surface area contributed by atoms with Gasteiger partial charge < -0.3 is 5.73 Å². The predicted octanol–water partition coefficient (Wildman–Crippen LogP) is 4.08. The van der Waals surface area contributed by atoms with Crippen LogP contribution in [0.15, 0.2) is 47.4 Å². The van der Waals surface area contributed by atoms with Crippen molar-refractivity contribution in [1.82, 2.24) is 0 Å². The standard InChI is InChI=1S/C16H13ClFNS/c17-14-5-1-2-6-16(14)20-11-13-8-7-12(4-3-9-19)10-15(13)18/h1-2,5-8,10H,9,11,19H2. The lowest BCUT2D eigenvalue weighted by Gasteiger charge is -2.05. The van der Waals surface area contributed by atoms with E-state index in [1.54, 1.807) is 12.1 Å². The van der Waals surface area contributed by atoms with Crippen molar-refractivity contribution in [3.8, 4) is 11.8 Å². The topological polar surface area (TPSA) is 26.0 Å². The predicted molar refractivity (Wildman–Crippen MR) is 83.3 cm³/mol. The van der Waals surface area contributed by atoms with Gasteiger partial charge in [0.05, 0.1) is 11.6 Å². The van der Waals surface area contributed by atoms with E-state index in [1.807, 2.05) is 24.3 Å². The number of benzene rings is 2. The highest BCUT2D eigenvalue weighted by molar-refractivity contribution is 7.98. The summed E-state index contributed by atoms with van der Waals surface area (Å²) in [6.07, 6.45) is 0. The molecule has 0 saturated heterocycles. The molecular weight excluding hydrogens is 293 g/mol. The quantitative estimate of drug-likeness (QED) is 0.683. The molecule has 0 aliphatic carbocycles. The van der Waals surface area contributed by atoms with Crippen LogP contribution in [0.3, 0.4) is 0 Å². The fourth-order valence-electron chi connectivity index (χ4n) is 1.61. The van der Waals surface area contributed by atoms with Gasteiger partial charge in [0.2, 0.25) is 0 Å². The lowest BCUT2D eigenvalue weighted by molar-refractivity contribution is 0.617. The molecule has 0 aliphatic rings. The Balaban J connectivity index is 2.09. The van der Waals surface area contributed by atoms with E-state index in [0.717, 1.165) is 4.90 Å². The molecule has 0 fully saturated rings. The number of hydrogen-bond donors (Lipinski definition) is 1. The lowest BCUT2D eigenvalue weighted by atomic mass is 10.1. The molecule has 1 nitrogen and oxygen atoms in total. The van der Waals surface area contributed by atoms with Crippen molar-refractivity contribution in [3.05, 3.63) is 64.4 Å². The zero-order valence-corrected chi connectivity index (χ0v) is 12.3. The van der Waals surface area contributed by atoms with Crippen molar-refractivity contribution in [1.29, 1.82) is 0 Å². The van der Waals surface area contributed by atoms with Crippen molar-refractivity contribution < 1.29 is 4.39 Å². The van der Waals surface area contributed by atoms with Crippen molar-refractivity contribution in [2.24, 2.45) is 5.73 Å². The third-order valence-corrected chi connectivity index (χ3v) is 4.17. The molecule has 0 radical (unpaired) electrons. The van der Waals surface area contributed by atoms with Gasteiger partial charge in [0.1, 0.15) is 5.82 Å². The van der Waals surface area contributed by atoms with Crippen LogP contribution in [0.4, 0.5) is 4.39 Å². The molecule has 2 N–H and O–H groups in total. The molecule has 0 atom stereocenters. The summed E-state index contributed by atoms with van der Waals surface area (Å²) in [5, 5.41) is 0.684. The Hall–Kier alpha value is -1.47. The normalized spacial score (nSPS) is 9.95. The highest BCUT2D eigenvalue weighted by Gasteiger charge is 2.05. The van der Waals surface area contributed by atoms with Crippen molar-refractivity contribution in [3.63, 3.8) is 0 Å². The Bertz CT molecular complexity index is 661. The molecule has 0 aliphatic heterocycles. The second-order valence-corrected chi connectivity index (χ2v) is 5.46. The summed E-state index contributed by atoms with van der Waals surface area (Å²) < 4.78 is 13.9. The Kier molecular flexibility index (Phi) is 5.49. The van der Waals surface area contributed by atoms with Crippen LogP contribution in [0.5, 0.6) is 0 Å². The maximum absolute atomic E-state index is 13.9. The summed E-state index contributed by atoms with van der Waals surface area (Å²) in [6.45, 7) is 0.270. The van der Waals surface area contributed by atoms with Gasteiger partial charge in [-0.1, -0.05) is 41.6 Å². The monoisotopic (exact) mass is 305 g/mol. The van der Waals surface area contributed by atoms with Crippen LogP contribution in [-0.2, 0) is 5.75 Å². The van der Waals surface area contributed by atoms with E-state index in [2.05, 4.69) is 11.8 Å². The van der Waals surface area contributed by atoms with Crippen molar-refractivity contribution in [2.75, 3.05) is 6.54 Å². The highest BCUT2D eigenvalue weighted by atomic mass is 35.5. The summed E-state index contributed by atoms with van der Waals surface area (Å²) in [5.41, 5.74) is 6.56. The molecule has 102 valence electrons. The van der Waals surface area contributed by atoms with E-state index in [1.165, 1.54) is 17.8 Å². The minimum atomic E-state index is -0.256. The van der Waals surface area contributed by atoms with Crippen molar-refractivity contribution >= 4 is 23.4 Å². The van der Waals surface area contributed by atoms with E-state index >= 15 is 0 Å². The molecule has 2 rings (SSSR count). The Morgan fingerprint density at radius 1 is 1.20 bits per heavy atom. The van der Waals surface area contributed by atoms with Crippen LogP contribution in [0, 0.1) is 17.7 Å². The number of rotatable bonds is 3. The van der Waals surface area contributed by atoms with E-state index in [9.17, 15) is 4.39 Å². The van der Waals surface area contributed by atoms with Gasteiger partial charge in [-0.2, -0.15) is 0 Å². The largest absolute Gasteiger partial charge is 0.320 e. The zero-order valence-electron chi connectivity index (χ0n) is 10.7. The number of thioether (sulfide) groups is 1. The summed E-state index contributed by atoms with van der Waals surface area (Å²) in [7, 11) is 0. The van der Waals surface area contributed by atoms with E-state index in [4.69, 9.17) is 17.3 Å². The zero-order chi connectivity index (χ0) is 14.4. The van der Waals surface area contributed by atoms with Crippen molar-refractivity contribution in [2.45, 2.75) is 10.6 Å².